The van der Waals surface area contributed by atoms with Gasteiger partial charge in [0.2, 0.25) is 0 Å². The molecule has 0 aliphatic rings. The maximum atomic E-state index is 9.45. The van der Waals surface area contributed by atoms with Crippen molar-refractivity contribution in [2.24, 2.45) is 0 Å². The van der Waals surface area contributed by atoms with Gasteiger partial charge in [0.1, 0.15) is 17.6 Å². The Kier molecular flexibility index (Phi) is 5.68. The van der Waals surface area contributed by atoms with Gasteiger partial charge in [-0.15, -0.1) is 12.4 Å². The molecule has 0 bridgehead atoms. The van der Waals surface area contributed by atoms with Gasteiger partial charge in [0.25, 0.3) is 0 Å². The summed E-state index contributed by atoms with van der Waals surface area (Å²) in [5.41, 5.74) is 3.82. The molecule has 0 saturated carbocycles. The number of rotatable bonds is 4. The van der Waals surface area contributed by atoms with Crippen molar-refractivity contribution in [1.29, 1.82) is 5.26 Å². The van der Waals surface area contributed by atoms with Crippen LogP contribution in [-0.4, -0.2) is 19.2 Å². The molecule has 0 aliphatic heterocycles. The number of nitrogens with one attached hydrogen (secondary N) is 1. The van der Waals surface area contributed by atoms with Crippen molar-refractivity contribution >= 4 is 34.7 Å². The highest BCUT2D eigenvalue weighted by Crippen LogP contribution is 2.34. The van der Waals surface area contributed by atoms with E-state index in [0.717, 1.165) is 27.9 Å². The van der Waals surface area contributed by atoms with Crippen molar-refractivity contribution < 1.29 is 9.47 Å². The Morgan fingerprint density at radius 2 is 1.88 bits per heavy atom. The third-order valence-electron chi connectivity index (χ3n) is 3.81. The number of fused-ring (bicyclic) bond motifs is 1. The molecule has 5 nitrogen and oxygen atoms in total. The number of nitriles is 1. The number of methoxy groups -OCH3 is 2. The Morgan fingerprint density at radius 1 is 1.08 bits per heavy atom. The molecule has 0 radical (unpaired) electrons. The summed E-state index contributed by atoms with van der Waals surface area (Å²) >= 11 is 0. The molecule has 0 spiro atoms. The van der Waals surface area contributed by atoms with Gasteiger partial charge < -0.3 is 14.8 Å². The number of nitrogens with zero attached hydrogens (tertiary/aromatic N) is 2. The molecule has 1 heterocycles. The minimum atomic E-state index is 0. The predicted octanol–water partition coefficient (Wildman–Crippen LogP) is 4.60. The van der Waals surface area contributed by atoms with Crippen LogP contribution >= 0.6 is 12.4 Å². The van der Waals surface area contributed by atoms with E-state index in [4.69, 9.17) is 9.47 Å². The third kappa shape index (κ3) is 3.59. The average molecular weight is 356 g/mol. The van der Waals surface area contributed by atoms with Crippen LogP contribution in [0.3, 0.4) is 0 Å². The summed E-state index contributed by atoms with van der Waals surface area (Å²) in [7, 11) is 3.23. The number of pyridine rings is 1. The molecule has 0 atom stereocenters. The lowest BCUT2D eigenvalue weighted by Gasteiger charge is -2.15. The molecule has 3 rings (SSSR count). The molecular weight excluding hydrogens is 338 g/mol. The van der Waals surface area contributed by atoms with Crippen molar-refractivity contribution in [2.45, 2.75) is 6.92 Å². The van der Waals surface area contributed by atoms with Gasteiger partial charge in [-0.1, -0.05) is 6.07 Å². The van der Waals surface area contributed by atoms with Crippen molar-refractivity contribution in [2.75, 3.05) is 19.5 Å². The number of aromatic nitrogens is 1. The Balaban J connectivity index is 0.00000225. The van der Waals surface area contributed by atoms with Crippen molar-refractivity contribution in [3.8, 4) is 17.6 Å². The summed E-state index contributed by atoms with van der Waals surface area (Å²) in [6, 6.07) is 13.6. The number of halogens is 1. The van der Waals surface area contributed by atoms with E-state index < -0.39 is 0 Å². The SMILES string of the molecule is COc1ccc2c(Nc3cc(C)ccc3OC)c(C#N)cnc2c1.Cl. The number of hydrogen-bond acceptors (Lipinski definition) is 5. The van der Waals surface area contributed by atoms with Crippen molar-refractivity contribution in [3.63, 3.8) is 0 Å². The van der Waals surface area contributed by atoms with E-state index in [1.165, 1.54) is 0 Å². The summed E-state index contributed by atoms with van der Waals surface area (Å²) in [5, 5.41) is 13.6. The van der Waals surface area contributed by atoms with Crippen LogP contribution in [0.15, 0.2) is 42.6 Å². The van der Waals surface area contributed by atoms with Gasteiger partial charge in [-0.05, 0) is 36.8 Å². The van der Waals surface area contributed by atoms with Crippen molar-refractivity contribution in [1.82, 2.24) is 4.98 Å². The number of benzene rings is 2. The van der Waals surface area contributed by atoms with Gasteiger partial charge in [-0.3, -0.25) is 4.98 Å². The largest absolute Gasteiger partial charge is 0.497 e. The van der Waals surface area contributed by atoms with Gasteiger partial charge in [0.15, 0.2) is 0 Å². The van der Waals surface area contributed by atoms with E-state index in [0.29, 0.717) is 17.0 Å². The van der Waals surface area contributed by atoms with E-state index in [2.05, 4.69) is 16.4 Å². The topological polar surface area (TPSA) is 67.2 Å². The van der Waals surface area contributed by atoms with Crippen LogP contribution in [0.2, 0.25) is 0 Å². The third-order valence-corrected chi connectivity index (χ3v) is 3.81. The molecule has 6 heteroatoms. The first-order chi connectivity index (χ1) is 11.7. The normalized spacial score (nSPS) is 9.84. The van der Waals surface area contributed by atoms with Crippen LogP contribution in [0.4, 0.5) is 11.4 Å². The second-order valence-corrected chi connectivity index (χ2v) is 5.37. The summed E-state index contributed by atoms with van der Waals surface area (Å²) in [5.74, 6) is 1.43. The molecular formula is C19H18ClN3O2. The molecule has 2 aromatic carbocycles. The molecule has 0 amide bonds. The lowest BCUT2D eigenvalue weighted by atomic mass is 10.1. The molecule has 1 aromatic heterocycles. The molecule has 25 heavy (non-hydrogen) atoms. The van der Waals surface area contributed by atoms with Crippen molar-refractivity contribution in [3.05, 3.63) is 53.7 Å². The van der Waals surface area contributed by atoms with Gasteiger partial charge in [-0.2, -0.15) is 5.26 Å². The molecule has 0 unspecified atom stereocenters. The van der Waals surface area contributed by atoms with Crippen LogP contribution in [0.5, 0.6) is 11.5 Å². The second kappa shape index (κ2) is 7.73. The second-order valence-electron chi connectivity index (χ2n) is 5.37. The lowest BCUT2D eigenvalue weighted by molar-refractivity contribution is 0.415. The molecule has 0 fully saturated rings. The summed E-state index contributed by atoms with van der Waals surface area (Å²) in [6.45, 7) is 2.01. The fourth-order valence-corrected chi connectivity index (χ4v) is 2.57. The zero-order chi connectivity index (χ0) is 17.1. The first-order valence-corrected chi connectivity index (χ1v) is 7.44. The monoisotopic (exact) mass is 355 g/mol. The average Bonchev–Trinajstić information content (AvgIpc) is 2.61. The molecule has 0 saturated heterocycles. The zero-order valence-corrected chi connectivity index (χ0v) is 15.0. The summed E-state index contributed by atoms with van der Waals surface area (Å²) in [6.07, 6.45) is 1.56. The van der Waals surface area contributed by atoms with Gasteiger partial charge in [0, 0.05) is 17.6 Å². The number of aryl methyl sites for hydroxylation is 1. The Labute approximate surface area is 152 Å². The van der Waals surface area contributed by atoms with E-state index in [-0.39, 0.29) is 12.4 Å². The first-order valence-electron chi connectivity index (χ1n) is 7.44. The highest BCUT2D eigenvalue weighted by atomic mass is 35.5. The lowest BCUT2D eigenvalue weighted by Crippen LogP contribution is -1.99. The standard InChI is InChI=1S/C19H17N3O2.ClH/c1-12-4-7-18(24-3)17(8-12)22-19-13(10-20)11-21-16-9-14(23-2)5-6-15(16)19;/h4-9,11H,1-3H3,(H,21,22);1H. The van der Waals surface area contributed by atoms with Gasteiger partial charge in [-0.25, -0.2) is 0 Å². The van der Waals surface area contributed by atoms with Crippen LogP contribution in [-0.2, 0) is 0 Å². The first kappa shape index (κ1) is 18.4. The maximum absolute atomic E-state index is 9.45. The quantitative estimate of drug-likeness (QED) is 0.740. The number of anilines is 2. The van der Waals surface area contributed by atoms with E-state index in [9.17, 15) is 5.26 Å². The predicted molar refractivity (Wildman–Crippen MR) is 101 cm³/mol. The van der Waals surface area contributed by atoms with Crippen LogP contribution in [0.1, 0.15) is 11.1 Å². The van der Waals surface area contributed by atoms with Crippen LogP contribution in [0, 0.1) is 18.3 Å². The summed E-state index contributed by atoms with van der Waals surface area (Å²) in [4.78, 5) is 4.35. The fraction of sp³-hybridized carbons (Fsp3) is 0.158. The Hall–Kier alpha value is -2.97. The van der Waals surface area contributed by atoms with E-state index >= 15 is 0 Å². The fourth-order valence-electron chi connectivity index (χ4n) is 2.57. The van der Waals surface area contributed by atoms with E-state index in [1.807, 2.05) is 43.3 Å². The smallest absolute Gasteiger partial charge is 0.142 e. The summed E-state index contributed by atoms with van der Waals surface area (Å²) < 4.78 is 10.7. The Bertz CT molecular complexity index is 951. The van der Waals surface area contributed by atoms with Crippen LogP contribution in [0.25, 0.3) is 10.9 Å². The van der Waals surface area contributed by atoms with Gasteiger partial charge >= 0.3 is 0 Å². The number of ether oxygens (including phenoxy) is 2. The molecule has 1 N–H and O–H groups in total. The zero-order valence-electron chi connectivity index (χ0n) is 14.2. The molecule has 0 aliphatic carbocycles. The highest BCUT2D eigenvalue weighted by molar-refractivity contribution is 5.96. The molecule has 128 valence electrons. The van der Waals surface area contributed by atoms with Crippen LogP contribution < -0.4 is 14.8 Å². The Morgan fingerprint density at radius 3 is 2.56 bits per heavy atom. The molecule has 3 aromatic rings. The minimum absolute atomic E-state index is 0. The van der Waals surface area contributed by atoms with Gasteiger partial charge in [0.05, 0.1) is 36.7 Å². The highest BCUT2D eigenvalue weighted by Gasteiger charge is 2.12. The van der Waals surface area contributed by atoms with E-state index in [1.54, 1.807) is 20.4 Å². The number of hydrogen-bond donors (Lipinski definition) is 1. The minimum Gasteiger partial charge on any atom is -0.497 e. The maximum Gasteiger partial charge on any atom is 0.142 e.